The Balaban J connectivity index is 2.08. The summed E-state index contributed by atoms with van der Waals surface area (Å²) in [5.41, 5.74) is 1.96. The third kappa shape index (κ3) is 1.42. The van der Waals surface area contributed by atoms with Crippen LogP contribution in [-0.2, 0) is 9.47 Å². The standard InChI is InChI=1S/C16H26O2/c1-11-10-18-16(17-4)9-8-13-7-5-6-12(2)15(13,3)14(11)16/h7,11-12,14H,5-6,8-10H2,1-4H3. The van der Waals surface area contributed by atoms with E-state index in [4.69, 9.17) is 9.47 Å². The van der Waals surface area contributed by atoms with Crippen molar-refractivity contribution in [3.63, 3.8) is 0 Å². The van der Waals surface area contributed by atoms with Crippen LogP contribution in [0.4, 0.5) is 0 Å². The summed E-state index contributed by atoms with van der Waals surface area (Å²) in [6.45, 7) is 8.07. The Kier molecular flexibility index (Phi) is 2.87. The van der Waals surface area contributed by atoms with E-state index in [-0.39, 0.29) is 11.2 Å². The van der Waals surface area contributed by atoms with Crippen molar-refractivity contribution < 1.29 is 9.47 Å². The van der Waals surface area contributed by atoms with E-state index >= 15 is 0 Å². The molecule has 0 bridgehead atoms. The summed E-state index contributed by atoms with van der Waals surface area (Å²) in [6.07, 6.45) is 7.26. The van der Waals surface area contributed by atoms with Gasteiger partial charge in [0.25, 0.3) is 0 Å². The lowest BCUT2D eigenvalue weighted by Gasteiger charge is -2.55. The van der Waals surface area contributed by atoms with Gasteiger partial charge in [-0.2, -0.15) is 0 Å². The molecule has 5 unspecified atom stereocenters. The van der Waals surface area contributed by atoms with Gasteiger partial charge in [0.2, 0.25) is 0 Å². The topological polar surface area (TPSA) is 18.5 Å². The third-order valence-electron chi connectivity index (χ3n) is 6.07. The lowest BCUT2D eigenvalue weighted by molar-refractivity contribution is -0.249. The Hall–Kier alpha value is -0.340. The first-order chi connectivity index (χ1) is 8.54. The highest BCUT2D eigenvalue weighted by Gasteiger charge is 2.62. The number of ether oxygens (including phenoxy) is 2. The summed E-state index contributed by atoms with van der Waals surface area (Å²) >= 11 is 0. The van der Waals surface area contributed by atoms with Crippen molar-refractivity contribution in [1.29, 1.82) is 0 Å². The van der Waals surface area contributed by atoms with Gasteiger partial charge < -0.3 is 9.47 Å². The van der Waals surface area contributed by atoms with Crippen LogP contribution in [0.3, 0.4) is 0 Å². The molecule has 1 saturated carbocycles. The van der Waals surface area contributed by atoms with E-state index in [2.05, 4.69) is 26.8 Å². The van der Waals surface area contributed by atoms with E-state index in [1.54, 1.807) is 5.57 Å². The minimum absolute atomic E-state index is 0.280. The zero-order valence-electron chi connectivity index (χ0n) is 12.2. The van der Waals surface area contributed by atoms with Gasteiger partial charge in [0.05, 0.1) is 6.61 Å². The molecule has 2 fully saturated rings. The fourth-order valence-electron chi connectivity index (χ4n) is 4.99. The molecule has 2 nitrogen and oxygen atoms in total. The summed E-state index contributed by atoms with van der Waals surface area (Å²) in [7, 11) is 1.83. The molecule has 5 atom stereocenters. The van der Waals surface area contributed by atoms with Crippen molar-refractivity contribution in [2.24, 2.45) is 23.2 Å². The molecule has 0 spiro atoms. The maximum Gasteiger partial charge on any atom is 0.172 e. The van der Waals surface area contributed by atoms with Gasteiger partial charge in [0.1, 0.15) is 0 Å². The van der Waals surface area contributed by atoms with Crippen LogP contribution >= 0.6 is 0 Å². The molecule has 1 aliphatic heterocycles. The first-order valence-corrected chi connectivity index (χ1v) is 7.43. The first-order valence-electron chi connectivity index (χ1n) is 7.43. The largest absolute Gasteiger partial charge is 0.353 e. The van der Waals surface area contributed by atoms with Gasteiger partial charge in [-0.15, -0.1) is 0 Å². The molecular weight excluding hydrogens is 224 g/mol. The Morgan fingerprint density at radius 1 is 1.39 bits per heavy atom. The SMILES string of the molecule is COC12CCC3=CCCC(C)C3(C)C1C(C)CO2. The monoisotopic (exact) mass is 250 g/mol. The second kappa shape index (κ2) is 4.08. The van der Waals surface area contributed by atoms with Crippen LogP contribution in [0.25, 0.3) is 0 Å². The number of fused-ring (bicyclic) bond motifs is 3. The molecule has 0 amide bonds. The second-order valence-corrected chi connectivity index (χ2v) is 6.77. The maximum atomic E-state index is 6.12. The Morgan fingerprint density at radius 3 is 2.89 bits per heavy atom. The van der Waals surface area contributed by atoms with E-state index in [9.17, 15) is 0 Å². The zero-order valence-corrected chi connectivity index (χ0v) is 12.2. The van der Waals surface area contributed by atoms with Crippen molar-refractivity contribution in [2.45, 2.75) is 52.2 Å². The third-order valence-corrected chi connectivity index (χ3v) is 6.07. The van der Waals surface area contributed by atoms with Crippen molar-refractivity contribution in [3.05, 3.63) is 11.6 Å². The summed E-state index contributed by atoms with van der Waals surface area (Å²) in [5, 5.41) is 0. The van der Waals surface area contributed by atoms with Crippen LogP contribution in [0, 0.1) is 23.2 Å². The molecule has 2 heteroatoms. The fourth-order valence-corrected chi connectivity index (χ4v) is 4.99. The smallest absolute Gasteiger partial charge is 0.172 e. The summed E-state index contributed by atoms with van der Waals surface area (Å²) in [4.78, 5) is 0. The van der Waals surface area contributed by atoms with Crippen molar-refractivity contribution >= 4 is 0 Å². The number of methoxy groups -OCH3 is 1. The molecule has 0 aromatic heterocycles. The summed E-state index contributed by atoms with van der Waals surface area (Å²) in [6, 6.07) is 0. The van der Waals surface area contributed by atoms with Gasteiger partial charge in [0, 0.05) is 19.4 Å². The highest BCUT2D eigenvalue weighted by molar-refractivity contribution is 5.26. The number of rotatable bonds is 1. The molecule has 0 aromatic carbocycles. The van der Waals surface area contributed by atoms with Gasteiger partial charge in [-0.1, -0.05) is 32.4 Å². The minimum atomic E-state index is -0.308. The van der Waals surface area contributed by atoms with Gasteiger partial charge >= 0.3 is 0 Å². The van der Waals surface area contributed by atoms with Crippen LogP contribution in [-0.4, -0.2) is 19.5 Å². The second-order valence-electron chi connectivity index (χ2n) is 6.77. The highest BCUT2D eigenvalue weighted by atomic mass is 16.7. The Bertz CT molecular complexity index is 375. The van der Waals surface area contributed by atoms with E-state index in [1.165, 1.54) is 12.8 Å². The normalized spacial score (nSPS) is 51.6. The molecule has 3 aliphatic rings. The zero-order chi connectivity index (χ0) is 13.0. The van der Waals surface area contributed by atoms with Gasteiger partial charge in [-0.25, -0.2) is 0 Å². The number of hydrogen-bond acceptors (Lipinski definition) is 2. The molecule has 1 heterocycles. The Morgan fingerprint density at radius 2 is 2.17 bits per heavy atom. The van der Waals surface area contributed by atoms with Gasteiger partial charge in [-0.3, -0.25) is 0 Å². The van der Waals surface area contributed by atoms with Gasteiger partial charge in [0.15, 0.2) is 5.79 Å². The lowest BCUT2D eigenvalue weighted by Crippen LogP contribution is -2.54. The predicted molar refractivity (Wildman–Crippen MR) is 72.2 cm³/mol. The molecule has 0 N–H and O–H groups in total. The van der Waals surface area contributed by atoms with Crippen molar-refractivity contribution in [3.8, 4) is 0 Å². The van der Waals surface area contributed by atoms with E-state index < -0.39 is 0 Å². The van der Waals surface area contributed by atoms with Gasteiger partial charge in [-0.05, 0) is 36.5 Å². The average Bonchev–Trinajstić information content (AvgIpc) is 2.71. The Labute approximate surface area is 111 Å². The molecule has 0 radical (unpaired) electrons. The van der Waals surface area contributed by atoms with Crippen molar-refractivity contribution in [2.75, 3.05) is 13.7 Å². The fraction of sp³-hybridized carbons (Fsp3) is 0.875. The van der Waals surface area contributed by atoms with Crippen LogP contribution in [0.1, 0.15) is 46.5 Å². The predicted octanol–water partition coefficient (Wildman–Crippen LogP) is 3.77. The molecule has 18 heavy (non-hydrogen) atoms. The van der Waals surface area contributed by atoms with Crippen LogP contribution in [0.15, 0.2) is 11.6 Å². The molecule has 102 valence electrons. The van der Waals surface area contributed by atoms with Crippen molar-refractivity contribution in [1.82, 2.24) is 0 Å². The minimum Gasteiger partial charge on any atom is -0.353 e. The lowest BCUT2D eigenvalue weighted by atomic mass is 9.52. The maximum absolute atomic E-state index is 6.12. The summed E-state index contributed by atoms with van der Waals surface area (Å²) in [5.74, 6) is 1.54. The first kappa shape index (κ1) is 12.7. The number of allylic oxidation sites excluding steroid dienone is 2. The van der Waals surface area contributed by atoms with E-state index in [0.29, 0.717) is 11.8 Å². The quantitative estimate of drug-likeness (QED) is 0.660. The molecule has 1 saturated heterocycles. The molecule has 3 rings (SSSR count). The van der Waals surface area contributed by atoms with E-state index in [0.717, 1.165) is 25.4 Å². The average molecular weight is 250 g/mol. The molecule has 2 aliphatic carbocycles. The van der Waals surface area contributed by atoms with Crippen LogP contribution in [0.5, 0.6) is 0 Å². The summed E-state index contributed by atoms with van der Waals surface area (Å²) < 4.78 is 12.0. The molecule has 0 aromatic rings. The molecular formula is C16H26O2. The van der Waals surface area contributed by atoms with Crippen LogP contribution in [0.2, 0.25) is 0 Å². The number of hydrogen-bond donors (Lipinski definition) is 0. The van der Waals surface area contributed by atoms with E-state index in [1.807, 2.05) is 7.11 Å². The van der Waals surface area contributed by atoms with Crippen LogP contribution < -0.4 is 0 Å². The highest BCUT2D eigenvalue weighted by Crippen LogP contribution is 2.62.